The number of nitrogens with zero attached hydrogens (tertiary/aromatic N) is 2. The minimum Gasteiger partial charge on any atom is -0.497 e. The first kappa shape index (κ1) is 18.2. The Kier molecular flexibility index (Phi) is 5.73. The minimum absolute atomic E-state index is 0.0382. The number of benzene rings is 2. The molecule has 0 radical (unpaired) electrons. The third kappa shape index (κ3) is 4.14. The van der Waals surface area contributed by atoms with E-state index in [2.05, 4.69) is 34.2 Å². The van der Waals surface area contributed by atoms with Gasteiger partial charge in [0.2, 0.25) is 5.16 Å². The van der Waals surface area contributed by atoms with Gasteiger partial charge in [-0.25, -0.2) is 4.98 Å². The summed E-state index contributed by atoms with van der Waals surface area (Å²) >= 11 is 1.35. The van der Waals surface area contributed by atoms with Crippen molar-refractivity contribution in [1.29, 1.82) is 0 Å². The number of ketones is 1. The van der Waals surface area contributed by atoms with E-state index in [4.69, 9.17) is 4.74 Å². The van der Waals surface area contributed by atoms with Crippen LogP contribution < -0.4 is 4.74 Å². The first-order valence-electron chi connectivity index (χ1n) is 8.47. The molecule has 0 amide bonds. The molecule has 1 aromatic heterocycles. The summed E-state index contributed by atoms with van der Waals surface area (Å²) in [7, 11) is 1.60. The van der Waals surface area contributed by atoms with E-state index in [9.17, 15) is 4.79 Å². The molecule has 0 bridgehead atoms. The van der Waals surface area contributed by atoms with Crippen LogP contribution in [0.5, 0.6) is 5.75 Å². The van der Waals surface area contributed by atoms with Crippen LogP contribution in [0.1, 0.15) is 29.8 Å². The molecule has 3 aromatic rings. The molecule has 134 valence electrons. The van der Waals surface area contributed by atoms with Gasteiger partial charge in [0, 0.05) is 11.1 Å². The molecule has 0 unspecified atom stereocenters. The van der Waals surface area contributed by atoms with Crippen LogP contribution in [0, 0.1) is 0 Å². The molecule has 0 aliphatic rings. The lowest BCUT2D eigenvalue weighted by atomic mass is 10.1. The summed E-state index contributed by atoms with van der Waals surface area (Å²) in [5, 5.41) is 7.46. The number of carbonyl (C=O) groups is 1. The third-order valence-corrected chi connectivity index (χ3v) is 5.09. The number of methoxy groups -OCH3 is 1. The number of carbonyl (C=O) groups excluding carboxylic acids is 1. The van der Waals surface area contributed by atoms with Crippen molar-refractivity contribution in [2.24, 2.45) is 0 Å². The van der Waals surface area contributed by atoms with E-state index < -0.39 is 0 Å². The van der Waals surface area contributed by atoms with Crippen LogP contribution in [0.2, 0.25) is 0 Å². The van der Waals surface area contributed by atoms with Crippen LogP contribution in [0.15, 0.2) is 53.7 Å². The molecule has 3 rings (SSSR count). The molecule has 0 fully saturated rings. The van der Waals surface area contributed by atoms with Gasteiger partial charge in [-0.05, 0) is 43.2 Å². The standard InChI is InChI=1S/C20H21N3O2S/c1-4-14-5-7-16(8-6-14)19-21-20(23-22-19)26-13(2)18(24)15-9-11-17(25-3)12-10-15/h5-13H,4H2,1-3H3,(H,21,22,23)/t13-/m1/s1. The molecule has 6 heteroatoms. The SMILES string of the molecule is CCc1ccc(-c2nc(S[C@H](C)C(=O)c3ccc(OC)cc3)n[nH]2)cc1. The number of thioether (sulfide) groups is 1. The van der Waals surface area contributed by atoms with Gasteiger partial charge in [0.25, 0.3) is 0 Å². The third-order valence-electron chi connectivity index (χ3n) is 4.13. The van der Waals surface area contributed by atoms with Gasteiger partial charge in [-0.15, -0.1) is 5.10 Å². The number of aromatic nitrogens is 3. The van der Waals surface area contributed by atoms with E-state index in [1.807, 2.05) is 19.1 Å². The average molecular weight is 367 g/mol. The van der Waals surface area contributed by atoms with Gasteiger partial charge >= 0.3 is 0 Å². The Balaban J connectivity index is 1.68. The van der Waals surface area contributed by atoms with Gasteiger partial charge in [-0.2, -0.15) is 0 Å². The quantitative estimate of drug-likeness (QED) is 0.495. The lowest BCUT2D eigenvalue weighted by molar-refractivity contribution is 0.0994. The van der Waals surface area contributed by atoms with Crippen molar-refractivity contribution in [2.45, 2.75) is 30.7 Å². The van der Waals surface area contributed by atoms with Gasteiger partial charge < -0.3 is 4.74 Å². The summed E-state index contributed by atoms with van der Waals surface area (Å²) in [4.78, 5) is 17.1. The van der Waals surface area contributed by atoms with E-state index in [0.717, 1.165) is 17.7 Å². The molecule has 26 heavy (non-hydrogen) atoms. The van der Waals surface area contributed by atoms with Crippen LogP contribution in [0.3, 0.4) is 0 Å². The Labute approximate surface area is 157 Å². The van der Waals surface area contributed by atoms with Crippen molar-refractivity contribution >= 4 is 17.5 Å². The lowest BCUT2D eigenvalue weighted by Gasteiger charge is -2.08. The van der Waals surface area contributed by atoms with Gasteiger partial charge in [-0.3, -0.25) is 9.89 Å². The molecule has 2 aromatic carbocycles. The van der Waals surface area contributed by atoms with Crippen molar-refractivity contribution in [3.8, 4) is 17.1 Å². The maximum absolute atomic E-state index is 12.6. The van der Waals surface area contributed by atoms with E-state index in [-0.39, 0.29) is 11.0 Å². The van der Waals surface area contributed by atoms with Crippen molar-refractivity contribution in [2.75, 3.05) is 7.11 Å². The van der Waals surface area contributed by atoms with E-state index in [0.29, 0.717) is 16.5 Å². The zero-order valence-corrected chi connectivity index (χ0v) is 15.8. The topological polar surface area (TPSA) is 67.9 Å². The molecular weight excluding hydrogens is 346 g/mol. The second kappa shape index (κ2) is 8.19. The first-order chi connectivity index (χ1) is 12.6. The Hall–Kier alpha value is -2.60. The van der Waals surface area contributed by atoms with Crippen LogP contribution in [-0.2, 0) is 6.42 Å². The minimum atomic E-state index is -0.283. The molecule has 0 aliphatic carbocycles. The first-order valence-corrected chi connectivity index (χ1v) is 9.35. The maximum Gasteiger partial charge on any atom is 0.209 e. The van der Waals surface area contributed by atoms with Crippen molar-refractivity contribution in [3.63, 3.8) is 0 Å². The summed E-state index contributed by atoms with van der Waals surface area (Å²) in [6, 6.07) is 15.3. The highest BCUT2D eigenvalue weighted by Gasteiger charge is 2.19. The number of Topliss-reactive ketones (excluding diaryl/α,β-unsaturated/α-hetero) is 1. The number of rotatable bonds is 7. The average Bonchev–Trinajstić information content (AvgIpc) is 3.16. The maximum atomic E-state index is 12.6. The van der Waals surface area contributed by atoms with E-state index in [1.165, 1.54) is 17.3 Å². The van der Waals surface area contributed by atoms with Gasteiger partial charge in [0.1, 0.15) is 5.75 Å². The van der Waals surface area contributed by atoms with Crippen LogP contribution in [-0.4, -0.2) is 33.3 Å². The smallest absolute Gasteiger partial charge is 0.209 e. The van der Waals surface area contributed by atoms with Crippen molar-refractivity contribution < 1.29 is 9.53 Å². The number of hydrogen-bond acceptors (Lipinski definition) is 5. The molecular formula is C20H21N3O2S. The molecule has 0 aliphatic heterocycles. The highest BCUT2D eigenvalue weighted by atomic mass is 32.2. The van der Waals surface area contributed by atoms with Crippen LogP contribution in [0.25, 0.3) is 11.4 Å². The largest absolute Gasteiger partial charge is 0.497 e. The Morgan fingerprint density at radius 1 is 1.15 bits per heavy atom. The number of hydrogen-bond donors (Lipinski definition) is 1. The second-order valence-corrected chi connectivity index (χ2v) is 7.18. The monoisotopic (exact) mass is 367 g/mol. The number of ether oxygens (including phenoxy) is 1. The van der Waals surface area contributed by atoms with Gasteiger partial charge in [0.15, 0.2) is 11.6 Å². The van der Waals surface area contributed by atoms with E-state index >= 15 is 0 Å². The molecule has 1 heterocycles. The Morgan fingerprint density at radius 3 is 2.46 bits per heavy atom. The Bertz CT molecular complexity index is 873. The molecule has 1 atom stereocenters. The van der Waals surface area contributed by atoms with Crippen LogP contribution in [0.4, 0.5) is 0 Å². The molecule has 5 nitrogen and oxygen atoms in total. The highest BCUT2D eigenvalue weighted by molar-refractivity contribution is 8.00. The predicted octanol–water partition coefficient (Wildman–Crippen LogP) is 4.41. The summed E-state index contributed by atoms with van der Waals surface area (Å²) in [6.45, 7) is 3.99. The van der Waals surface area contributed by atoms with Gasteiger partial charge in [-0.1, -0.05) is 43.0 Å². The molecule has 0 saturated carbocycles. The lowest BCUT2D eigenvalue weighted by Crippen LogP contribution is -2.13. The fourth-order valence-corrected chi connectivity index (χ4v) is 3.33. The number of aryl methyl sites for hydroxylation is 1. The second-order valence-electron chi connectivity index (χ2n) is 5.87. The van der Waals surface area contributed by atoms with Crippen molar-refractivity contribution in [3.05, 3.63) is 59.7 Å². The van der Waals surface area contributed by atoms with Crippen LogP contribution >= 0.6 is 11.8 Å². The molecule has 0 saturated heterocycles. The number of aromatic amines is 1. The summed E-state index contributed by atoms with van der Waals surface area (Å²) in [6.07, 6.45) is 1.00. The predicted molar refractivity (Wildman–Crippen MR) is 104 cm³/mol. The zero-order valence-electron chi connectivity index (χ0n) is 15.0. The van der Waals surface area contributed by atoms with Gasteiger partial charge in [0.05, 0.1) is 12.4 Å². The number of H-pyrrole nitrogens is 1. The van der Waals surface area contributed by atoms with E-state index in [1.54, 1.807) is 31.4 Å². The van der Waals surface area contributed by atoms with Crippen molar-refractivity contribution in [1.82, 2.24) is 15.2 Å². The summed E-state index contributed by atoms with van der Waals surface area (Å²) in [5.41, 5.74) is 2.91. The Morgan fingerprint density at radius 2 is 1.85 bits per heavy atom. The highest BCUT2D eigenvalue weighted by Crippen LogP contribution is 2.25. The summed E-state index contributed by atoms with van der Waals surface area (Å²) < 4.78 is 5.12. The normalized spacial score (nSPS) is 12.0. The summed E-state index contributed by atoms with van der Waals surface area (Å²) in [5.74, 6) is 1.48. The molecule has 1 N–H and O–H groups in total. The number of nitrogens with one attached hydrogen (secondary N) is 1. The molecule has 0 spiro atoms. The zero-order chi connectivity index (χ0) is 18.5. The fourth-order valence-electron chi connectivity index (χ4n) is 2.53. The fraction of sp³-hybridized carbons (Fsp3) is 0.250.